The number of nitrogens with zero attached hydrogens (tertiary/aromatic N) is 2. The van der Waals surface area contributed by atoms with E-state index >= 15 is 0 Å². The fourth-order valence-electron chi connectivity index (χ4n) is 4.39. The number of para-hydroxylation sites is 2. The molecule has 1 aromatic heterocycles. The van der Waals surface area contributed by atoms with Gasteiger partial charge in [0, 0.05) is 24.7 Å². The SMILES string of the molecule is COc1ccc(C)cc1C(C(=O)O)N1CCC(n2c(=O)[nH]c3ccccc32)CC1. The molecule has 1 aliphatic rings. The number of aryl methyl sites for hydroxylation is 1. The zero-order chi connectivity index (χ0) is 20.5. The van der Waals surface area contributed by atoms with Crippen LogP contribution in [0.15, 0.2) is 47.3 Å². The normalized spacial score (nSPS) is 16.8. The number of likely N-dealkylation sites (tertiary alicyclic amines) is 1. The van der Waals surface area contributed by atoms with Gasteiger partial charge in [-0.25, -0.2) is 4.79 Å². The molecular weight excluding hydrogens is 370 g/mol. The topological polar surface area (TPSA) is 87.6 Å². The van der Waals surface area contributed by atoms with Crippen LogP contribution >= 0.6 is 0 Å². The largest absolute Gasteiger partial charge is 0.496 e. The number of aliphatic carboxylic acids is 1. The Morgan fingerprint density at radius 1 is 1.21 bits per heavy atom. The van der Waals surface area contributed by atoms with Crippen LogP contribution in [-0.4, -0.2) is 45.7 Å². The number of nitrogens with one attached hydrogen (secondary N) is 1. The highest BCUT2D eigenvalue weighted by atomic mass is 16.5. The first-order valence-corrected chi connectivity index (χ1v) is 9.80. The molecule has 2 heterocycles. The summed E-state index contributed by atoms with van der Waals surface area (Å²) < 4.78 is 7.24. The lowest BCUT2D eigenvalue weighted by Gasteiger charge is -2.36. The van der Waals surface area contributed by atoms with Gasteiger partial charge in [-0.15, -0.1) is 0 Å². The Balaban J connectivity index is 1.59. The lowest BCUT2D eigenvalue weighted by atomic mass is 9.97. The summed E-state index contributed by atoms with van der Waals surface area (Å²) >= 11 is 0. The molecule has 1 fully saturated rings. The van der Waals surface area contributed by atoms with Crippen LogP contribution in [0.4, 0.5) is 0 Å². The number of rotatable bonds is 5. The number of hydrogen-bond acceptors (Lipinski definition) is 4. The first-order valence-electron chi connectivity index (χ1n) is 9.80. The van der Waals surface area contributed by atoms with Gasteiger partial charge in [-0.3, -0.25) is 14.3 Å². The number of benzene rings is 2. The number of carboxylic acids is 1. The zero-order valence-corrected chi connectivity index (χ0v) is 16.6. The van der Waals surface area contributed by atoms with Crippen molar-refractivity contribution in [1.82, 2.24) is 14.5 Å². The van der Waals surface area contributed by atoms with Crippen molar-refractivity contribution in [2.45, 2.75) is 31.8 Å². The van der Waals surface area contributed by atoms with Crippen LogP contribution in [-0.2, 0) is 4.79 Å². The molecule has 1 aliphatic heterocycles. The molecular formula is C22H25N3O4. The Hall–Kier alpha value is -3.06. The smallest absolute Gasteiger partial charge is 0.326 e. The van der Waals surface area contributed by atoms with E-state index in [9.17, 15) is 14.7 Å². The molecule has 0 spiro atoms. The van der Waals surface area contributed by atoms with Crippen molar-refractivity contribution in [1.29, 1.82) is 0 Å². The van der Waals surface area contributed by atoms with Gasteiger partial charge in [0.05, 0.1) is 18.1 Å². The second-order valence-corrected chi connectivity index (χ2v) is 7.57. The fourth-order valence-corrected chi connectivity index (χ4v) is 4.39. The molecule has 29 heavy (non-hydrogen) atoms. The van der Waals surface area contributed by atoms with Crippen LogP contribution in [0.1, 0.15) is 36.1 Å². The number of aromatic amines is 1. The van der Waals surface area contributed by atoms with Gasteiger partial charge in [0.25, 0.3) is 0 Å². The second-order valence-electron chi connectivity index (χ2n) is 7.57. The molecule has 4 rings (SSSR count). The molecule has 7 heteroatoms. The van der Waals surface area contributed by atoms with Crippen LogP contribution < -0.4 is 10.4 Å². The van der Waals surface area contributed by atoms with E-state index in [0.717, 1.165) is 16.6 Å². The highest BCUT2D eigenvalue weighted by molar-refractivity contribution is 5.77. The quantitative estimate of drug-likeness (QED) is 0.693. The van der Waals surface area contributed by atoms with E-state index in [1.807, 2.05) is 58.9 Å². The van der Waals surface area contributed by atoms with Crippen LogP contribution in [0, 0.1) is 6.92 Å². The third kappa shape index (κ3) is 3.53. The number of methoxy groups -OCH3 is 1. The van der Waals surface area contributed by atoms with E-state index in [1.54, 1.807) is 7.11 Å². The van der Waals surface area contributed by atoms with Crippen molar-refractivity contribution in [3.05, 3.63) is 64.1 Å². The molecule has 1 unspecified atom stereocenters. The molecule has 2 N–H and O–H groups in total. The van der Waals surface area contributed by atoms with E-state index in [-0.39, 0.29) is 11.7 Å². The second kappa shape index (κ2) is 7.75. The summed E-state index contributed by atoms with van der Waals surface area (Å²) in [6.45, 7) is 3.12. The number of hydrogen-bond donors (Lipinski definition) is 2. The first-order chi connectivity index (χ1) is 14.0. The van der Waals surface area contributed by atoms with E-state index in [0.29, 0.717) is 37.2 Å². The summed E-state index contributed by atoms with van der Waals surface area (Å²) in [5.41, 5.74) is 3.27. The van der Waals surface area contributed by atoms with Gasteiger partial charge >= 0.3 is 11.7 Å². The standard InChI is InChI=1S/C22H25N3O4/c1-14-7-8-19(29-2)16(13-14)20(21(26)27)24-11-9-15(10-12-24)25-18-6-4-3-5-17(18)23-22(25)28/h3-8,13,15,20H,9-12H2,1-2H3,(H,23,28)(H,26,27). The van der Waals surface area contributed by atoms with Gasteiger partial charge in [-0.2, -0.15) is 0 Å². The van der Waals surface area contributed by atoms with E-state index in [4.69, 9.17) is 4.74 Å². The third-order valence-electron chi connectivity index (χ3n) is 5.77. The maximum absolute atomic E-state index is 12.5. The number of ether oxygens (including phenoxy) is 1. The lowest BCUT2D eigenvalue weighted by molar-refractivity contribution is -0.144. The fraction of sp³-hybridized carbons (Fsp3) is 0.364. The molecule has 0 radical (unpaired) electrons. The lowest BCUT2D eigenvalue weighted by Crippen LogP contribution is -2.42. The summed E-state index contributed by atoms with van der Waals surface area (Å²) in [5.74, 6) is -0.311. The molecule has 0 amide bonds. The maximum atomic E-state index is 12.5. The van der Waals surface area contributed by atoms with Crippen molar-refractivity contribution in [2.24, 2.45) is 0 Å². The van der Waals surface area contributed by atoms with Gasteiger partial charge in [-0.1, -0.05) is 29.8 Å². The van der Waals surface area contributed by atoms with Gasteiger partial charge in [0.1, 0.15) is 11.8 Å². The van der Waals surface area contributed by atoms with Crippen LogP contribution in [0.5, 0.6) is 5.75 Å². The number of carbonyl (C=O) groups is 1. The van der Waals surface area contributed by atoms with Crippen LogP contribution in [0.25, 0.3) is 11.0 Å². The number of H-pyrrole nitrogens is 1. The summed E-state index contributed by atoms with van der Waals surface area (Å²) in [5, 5.41) is 9.97. The van der Waals surface area contributed by atoms with Crippen molar-refractivity contribution >= 4 is 17.0 Å². The summed E-state index contributed by atoms with van der Waals surface area (Å²) in [7, 11) is 1.56. The van der Waals surface area contributed by atoms with Crippen LogP contribution in [0.2, 0.25) is 0 Å². The number of piperidine rings is 1. The molecule has 1 atom stereocenters. The van der Waals surface area contributed by atoms with Gasteiger partial charge in [0.15, 0.2) is 0 Å². The van der Waals surface area contributed by atoms with Crippen molar-refractivity contribution in [3.63, 3.8) is 0 Å². The summed E-state index contributed by atoms with van der Waals surface area (Å²) in [6, 6.07) is 12.5. The summed E-state index contributed by atoms with van der Waals surface area (Å²) in [4.78, 5) is 29.5. The van der Waals surface area contributed by atoms with E-state index in [2.05, 4.69) is 4.98 Å². The van der Waals surface area contributed by atoms with Crippen molar-refractivity contribution in [2.75, 3.05) is 20.2 Å². The van der Waals surface area contributed by atoms with E-state index in [1.165, 1.54) is 0 Å². The van der Waals surface area contributed by atoms with Gasteiger partial charge < -0.3 is 14.8 Å². The minimum atomic E-state index is -0.892. The minimum Gasteiger partial charge on any atom is -0.496 e. The summed E-state index contributed by atoms with van der Waals surface area (Å²) in [6.07, 6.45) is 1.42. The maximum Gasteiger partial charge on any atom is 0.326 e. The Labute approximate surface area is 168 Å². The van der Waals surface area contributed by atoms with Gasteiger partial charge in [0.2, 0.25) is 0 Å². The highest BCUT2D eigenvalue weighted by Gasteiger charge is 2.34. The molecule has 2 aromatic carbocycles. The van der Waals surface area contributed by atoms with Gasteiger partial charge in [-0.05, 0) is 38.0 Å². The Kier molecular flexibility index (Phi) is 5.15. The molecule has 1 saturated heterocycles. The van der Waals surface area contributed by atoms with E-state index < -0.39 is 12.0 Å². The highest BCUT2D eigenvalue weighted by Crippen LogP contribution is 2.34. The molecule has 7 nitrogen and oxygen atoms in total. The Bertz CT molecular complexity index is 1090. The number of fused-ring (bicyclic) bond motifs is 1. The van der Waals surface area contributed by atoms with Crippen molar-refractivity contribution < 1.29 is 14.6 Å². The predicted octanol–water partition coefficient (Wildman–Crippen LogP) is 3.11. The number of imidazole rings is 1. The molecule has 3 aromatic rings. The Morgan fingerprint density at radius 2 is 1.93 bits per heavy atom. The minimum absolute atomic E-state index is 0.0451. The average molecular weight is 395 g/mol. The molecule has 0 bridgehead atoms. The predicted molar refractivity (Wildman–Crippen MR) is 111 cm³/mol. The number of aromatic nitrogens is 2. The monoisotopic (exact) mass is 395 g/mol. The Morgan fingerprint density at radius 3 is 2.62 bits per heavy atom. The number of carboxylic acid groups (broad SMARTS) is 1. The molecule has 152 valence electrons. The van der Waals surface area contributed by atoms with Crippen molar-refractivity contribution in [3.8, 4) is 5.75 Å². The first kappa shape index (κ1) is 19.3. The average Bonchev–Trinajstić information content (AvgIpc) is 3.04. The van der Waals surface area contributed by atoms with Crippen LogP contribution in [0.3, 0.4) is 0 Å². The molecule has 0 aliphatic carbocycles. The third-order valence-corrected chi connectivity index (χ3v) is 5.77. The zero-order valence-electron chi connectivity index (χ0n) is 16.6. The molecule has 0 saturated carbocycles.